The third-order valence-electron chi connectivity index (χ3n) is 0.668. The Kier molecular flexibility index (Phi) is 2.43. The van der Waals surface area contributed by atoms with Crippen LogP contribution >= 0.6 is 23.2 Å². The molecule has 1 heterocycles. The van der Waals surface area contributed by atoms with Crippen molar-refractivity contribution in [2.45, 2.75) is 0 Å². The van der Waals surface area contributed by atoms with Crippen LogP contribution in [-0.4, -0.2) is 21.0 Å². The van der Waals surface area contributed by atoms with Gasteiger partial charge in [-0.25, -0.2) is 17.8 Å². The smallest absolute Gasteiger partial charge is 0.332 e. The van der Waals surface area contributed by atoms with Crippen LogP contribution in [0.2, 0.25) is 0 Å². The van der Waals surface area contributed by atoms with Crippen molar-refractivity contribution in [3.05, 3.63) is 0 Å². The molecule has 3 N–H and O–H groups in total. The lowest BCUT2D eigenvalue weighted by Gasteiger charge is -2.27. The highest BCUT2D eigenvalue weighted by molar-refractivity contribution is 7.78. The van der Waals surface area contributed by atoms with Crippen LogP contribution in [0.1, 0.15) is 0 Å². The fourth-order valence-corrected chi connectivity index (χ4v) is 5.28. The lowest BCUT2D eigenvalue weighted by molar-refractivity contribution is 0.188. The molecular weight excluding hydrogens is 233 g/mol. The van der Waals surface area contributed by atoms with Crippen LogP contribution in [0.3, 0.4) is 0 Å². The van der Waals surface area contributed by atoms with Gasteiger partial charge in [0.2, 0.25) is 0 Å². The molecule has 12 heavy (non-hydrogen) atoms. The highest BCUT2D eigenvalue weighted by Crippen LogP contribution is 2.77. The maximum Gasteiger partial charge on any atom is 0.487 e. The molecule has 0 radical (unpaired) electrons. The van der Waals surface area contributed by atoms with E-state index in [0.717, 1.165) is 0 Å². The fraction of sp³-hybridized carbons (Fsp3) is 0. The lowest BCUT2D eigenvalue weighted by atomic mass is 12.0. The molecule has 1 aliphatic rings. The minimum atomic E-state index is -4.73. The second-order valence-corrected chi connectivity index (χ2v) is 6.93. The van der Waals surface area contributed by atoms with E-state index in [1.807, 2.05) is 0 Å². The van der Waals surface area contributed by atoms with Gasteiger partial charge in [0.15, 0.2) is 0 Å². The summed E-state index contributed by atoms with van der Waals surface area (Å²) in [6.07, 6.45) is 2.80. The second-order valence-electron chi connectivity index (χ2n) is 1.82. The first-order chi connectivity index (χ1) is 5.12. The van der Waals surface area contributed by atoms with Gasteiger partial charge >= 0.3 is 15.6 Å². The van der Waals surface area contributed by atoms with Gasteiger partial charge in [0.1, 0.15) is 0 Å². The molecule has 1 fully saturated rings. The Morgan fingerprint density at radius 2 is 1.25 bits per heavy atom. The van der Waals surface area contributed by atoms with Crippen LogP contribution in [0.5, 0.6) is 0 Å². The first-order valence-electron chi connectivity index (χ1n) is 2.38. The SMILES string of the molecule is C=P1(O)OP(=O)(O)OP(=O)(O)O1. The Labute approximate surface area is 67.2 Å². The van der Waals surface area contributed by atoms with E-state index in [9.17, 15) is 9.13 Å². The fourth-order valence-electron chi connectivity index (χ4n) is 0.498. The van der Waals surface area contributed by atoms with Crippen LogP contribution in [0, 0.1) is 0 Å². The molecule has 72 valence electrons. The standard InChI is InChI=1S/CH5O8P3/c1-10(2)7-11(3,4)9-12(5,6)8-10/h2H,1H2,(H,3,4)(H,5,6). The van der Waals surface area contributed by atoms with E-state index in [1.54, 1.807) is 0 Å². The zero-order chi connectivity index (χ0) is 9.62. The average Bonchev–Trinajstić information content (AvgIpc) is 1.44. The van der Waals surface area contributed by atoms with Gasteiger partial charge in [-0.1, -0.05) is 0 Å². The highest BCUT2D eigenvalue weighted by Gasteiger charge is 2.47. The van der Waals surface area contributed by atoms with Gasteiger partial charge in [-0.3, -0.25) is 0 Å². The normalized spacial score (nSPS) is 55.2. The van der Waals surface area contributed by atoms with Crippen LogP contribution < -0.4 is 0 Å². The van der Waals surface area contributed by atoms with Crippen molar-refractivity contribution in [1.82, 2.24) is 0 Å². The van der Waals surface area contributed by atoms with Crippen LogP contribution in [-0.2, 0) is 22.1 Å². The molecule has 0 aromatic carbocycles. The molecule has 11 heteroatoms. The van der Waals surface area contributed by atoms with E-state index in [0.29, 0.717) is 0 Å². The van der Waals surface area contributed by atoms with Gasteiger partial charge in [0.25, 0.3) is 7.57 Å². The van der Waals surface area contributed by atoms with Crippen molar-refractivity contribution in [3.8, 4) is 0 Å². The number of phosphoric acid groups is 2. The summed E-state index contributed by atoms with van der Waals surface area (Å²) in [7, 11) is -13.4. The molecule has 0 amide bonds. The third-order valence-corrected chi connectivity index (χ3v) is 6.01. The van der Waals surface area contributed by atoms with Crippen molar-refractivity contribution in [3.63, 3.8) is 0 Å². The summed E-state index contributed by atoms with van der Waals surface area (Å²) in [4.78, 5) is 26.0. The summed E-state index contributed by atoms with van der Waals surface area (Å²) < 4.78 is 32.6. The number of rotatable bonds is 0. The summed E-state index contributed by atoms with van der Waals surface area (Å²) in [6, 6.07) is 0. The van der Waals surface area contributed by atoms with E-state index < -0.39 is 23.2 Å². The number of hydrogen-bond acceptors (Lipinski definition) is 6. The second kappa shape index (κ2) is 2.75. The zero-order valence-electron chi connectivity index (χ0n) is 5.43. The third kappa shape index (κ3) is 2.78. The molecule has 2 unspecified atom stereocenters. The Balaban J connectivity index is 3.05. The monoisotopic (exact) mass is 238 g/mol. The Bertz CT molecular complexity index is 259. The zero-order valence-corrected chi connectivity index (χ0v) is 8.11. The van der Waals surface area contributed by atoms with Crippen LogP contribution in [0.4, 0.5) is 0 Å². The van der Waals surface area contributed by atoms with Gasteiger partial charge in [0.05, 0.1) is 0 Å². The minimum Gasteiger partial charge on any atom is -0.332 e. The van der Waals surface area contributed by atoms with Gasteiger partial charge in [-0.05, 0) is 6.30 Å². The maximum atomic E-state index is 10.6. The molecule has 0 aliphatic carbocycles. The summed E-state index contributed by atoms with van der Waals surface area (Å²) in [5.41, 5.74) is 0. The largest absolute Gasteiger partial charge is 0.487 e. The highest BCUT2D eigenvalue weighted by atomic mass is 31.3. The van der Waals surface area contributed by atoms with Gasteiger partial charge < -0.3 is 14.7 Å². The molecule has 1 rings (SSSR count). The Morgan fingerprint density at radius 3 is 1.50 bits per heavy atom. The molecular formula is CH5O8P3. The molecule has 1 aliphatic heterocycles. The van der Waals surface area contributed by atoms with Crippen molar-refractivity contribution in [2.24, 2.45) is 0 Å². The quantitative estimate of drug-likeness (QED) is 0.519. The predicted octanol–water partition coefficient (Wildman–Crippen LogP) is 0.437. The minimum absolute atomic E-state index is 2.80. The van der Waals surface area contributed by atoms with Crippen molar-refractivity contribution in [2.75, 3.05) is 0 Å². The van der Waals surface area contributed by atoms with E-state index in [2.05, 4.69) is 19.2 Å². The van der Waals surface area contributed by atoms with Crippen molar-refractivity contribution in [1.29, 1.82) is 0 Å². The summed E-state index contributed by atoms with van der Waals surface area (Å²) in [6.45, 7) is 0. The topological polar surface area (TPSA) is 123 Å². The molecule has 0 saturated carbocycles. The van der Waals surface area contributed by atoms with Crippen molar-refractivity contribution < 1.29 is 36.7 Å². The van der Waals surface area contributed by atoms with Crippen molar-refractivity contribution >= 4 is 29.5 Å². The summed E-state index contributed by atoms with van der Waals surface area (Å²) in [5.74, 6) is 0. The average molecular weight is 238 g/mol. The first-order valence-corrected chi connectivity index (χ1v) is 7.13. The van der Waals surface area contributed by atoms with E-state index in [1.165, 1.54) is 0 Å². The molecule has 0 bridgehead atoms. The molecule has 2 atom stereocenters. The summed E-state index contributed by atoms with van der Waals surface area (Å²) in [5, 5.41) is 0. The molecule has 8 nitrogen and oxygen atoms in total. The molecule has 0 aromatic rings. The van der Waals surface area contributed by atoms with E-state index in [-0.39, 0.29) is 0 Å². The number of hydrogen-bond donors (Lipinski definition) is 3. The van der Waals surface area contributed by atoms with Gasteiger partial charge in [-0.2, -0.15) is 4.31 Å². The summed E-state index contributed by atoms with van der Waals surface area (Å²) >= 11 is 0. The molecule has 0 spiro atoms. The van der Waals surface area contributed by atoms with Crippen LogP contribution in [0.15, 0.2) is 0 Å². The first kappa shape index (κ1) is 10.6. The van der Waals surface area contributed by atoms with Gasteiger partial charge in [0, 0.05) is 0 Å². The molecule has 0 aromatic heterocycles. The van der Waals surface area contributed by atoms with Crippen LogP contribution in [0.25, 0.3) is 0 Å². The maximum absolute atomic E-state index is 10.6. The van der Waals surface area contributed by atoms with E-state index in [4.69, 9.17) is 14.7 Å². The van der Waals surface area contributed by atoms with E-state index >= 15 is 0 Å². The lowest BCUT2D eigenvalue weighted by Crippen LogP contribution is -2.02. The van der Waals surface area contributed by atoms with Gasteiger partial charge in [-0.15, -0.1) is 0 Å². The Morgan fingerprint density at radius 1 is 0.917 bits per heavy atom. The predicted molar refractivity (Wildman–Crippen MR) is 39.2 cm³/mol. The Hall–Kier alpha value is 0.520. The molecule has 1 saturated heterocycles.